The first kappa shape index (κ1) is 23.1. The number of anilines is 1. The van der Waals surface area contributed by atoms with Crippen LogP contribution in [0.15, 0.2) is 50.9 Å². The Morgan fingerprint density at radius 2 is 1.88 bits per heavy atom. The van der Waals surface area contributed by atoms with E-state index in [1.807, 2.05) is 0 Å². The second-order valence-corrected chi connectivity index (χ2v) is 13.1. The van der Waals surface area contributed by atoms with Gasteiger partial charge in [0, 0.05) is 21.9 Å². The monoisotopic (exact) mass is 530 g/mol. The molecule has 168 valence electrons. The number of rotatable bonds is 6. The van der Waals surface area contributed by atoms with Crippen molar-refractivity contribution in [1.29, 1.82) is 0 Å². The normalized spacial score (nSPS) is 12.4. The summed E-state index contributed by atoms with van der Waals surface area (Å²) in [6.07, 6.45) is 1.00. The van der Waals surface area contributed by atoms with Gasteiger partial charge in [-0.25, -0.2) is 26.2 Å². The van der Waals surface area contributed by atoms with Crippen molar-refractivity contribution in [2.75, 3.05) is 11.0 Å². The Labute approximate surface area is 197 Å². The predicted molar refractivity (Wildman–Crippen MR) is 128 cm³/mol. The van der Waals surface area contributed by atoms with Crippen LogP contribution in [0.5, 0.6) is 0 Å². The molecule has 0 saturated heterocycles. The molecule has 0 aliphatic carbocycles. The van der Waals surface area contributed by atoms with Crippen molar-refractivity contribution in [2.24, 2.45) is 0 Å². The van der Waals surface area contributed by atoms with E-state index >= 15 is 0 Å². The lowest BCUT2D eigenvalue weighted by Crippen LogP contribution is -2.15. The fourth-order valence-electron chi connectivity index (χ4n) is 3.17. The number of hydrogen-bond acceptors (Lipinski definition) is 7. The van der Waals surface area contributed by atoms with Crippen LogP contribution in [0.3, 0.4) is 0 Å². The zero-order chi connectivity index (χ0) is 23.3. The van der Waals surface area contributed by atoms with Crippen molar-refractivity contribution in [3.63, 3.8) is 0 Å². The summed E-state index contributed by atoms with van der Waals surface area (Å²) in [5, 5.41) is 2.84. The highest BCUT2D eigenvalue weighted by Crippen LogP contribution is 2.37. The van der Waals surface area contributed by atoms with Gasteiger partial charge in [-0.2, -0.15) is 0 Å². The number of sulfone groups is 1. The Bertz CT molecular complexity index is 1560. The number of benzene rings is 2. The van der Waals surface area contributed by atoms with Gasteiger partial charge in [0.25, 0.3) is 10.0 Å². The molecule has 0 fully saturated rings. The lowest BCUT2D eigenvalue weighted by Gasteiger charge is -2.12. The molecule has 2 heterocycles. The number of aryl methyl sites for hydroxylation is 1. The number of nitrogens with zero attached hydrogens (tertiary/aromatic N) is 1. The summed E-state index contributed by atoms with van der Waals surface area (Å²) in [5.74, 6) is -0.240. The average Bonchev–Trinajstić information content (AvgIpc) is 3.32. The molecule has 1 N–H and O–H groups in total. The van der Waals surface area contributed by atoms with E-state index in [0.29, 0.717) is 31.9 Å². The van der Waals surface area contributed by atoms with Gasteiger partial charge in [0.15, 0.2) is 9.84 Å². The lowest BCUT2D eigenvalue weighted by molar-refractivity contribution is 0.602. The molecule has 2 aromatic heterocycles. The summed E-state index contributed by atoms with van der Waals surface area (Å²) in [6, 6.07) is 8.43. The van der Waals surface area contributed by atoms with E-state index in [-0.39, 0.29) is 20.7 Å². The van der Waals surface area contributed by atoms with Gasteiger partial charge in [0.2, 0.25) is 0 Å². The molecular formula is C20H16ClFN2O4S4. The molecule has 0 aliphatic heterocycles. The van der Waals surface area contributed by atoms with E-state index < -0.39 is 25.7 Å². The zero-order valence-electron chi connectivity index (χ0n) is 16.7. The van der Waals surface area contributed by atoms with E-state index in [1.54, 1.807) is 18.4 Å². The number of fused-ring (bicyclic) bond motifs is 1. The van der Waals surface area contributed by atoms with Crippen molar-refractivity contribution in [1.82, 2.24) is 4.98 Å². The Balaban J connectivity index is 1.79. The molecule has 2 aromatic carbocycles. The summed E-state index contributed by atoms with van der Waals surface area (Å²) in [6.45, 7) is 1.59. The number of thiazole rings is 1. The van der Waals surface area contributed by atoms with Crippen LogP contribution in [0.2, 0.25) is 0 Å². The maximum Gasteiger partial charge on any atom is 0.271 e. The van der Waals surface area contributed by atoms with Gasteiger partial charge in [-0.15, -0.1) is 34.3 Å². The highest BCUT2D eigenvalue weighted by molar-refractivity contribution is 7.95. The number of thiophene rings is 1. The Morgan fingerprint density at radius 3 is 2.53 bits per heavy atom. The second kappa shape index (κ2) is 8.38. The largest absolute Gasteiger partial charge is 0.278 e. The molecule has 6 nitrogen and oxygen atoms in total. The van der Waals surface area contributed by atoms with Crippen molar-refractivity contribution < 1.29 is 21.2 Å². The third-order valence-electron chi connectivity index (χ3n) is 4.66. The molecule has 0 saturated carbocycles. The van der Waals surface area contributed by atoms with E-state index in [1.165, 1.54) is 41.7 Å². The van der Waals surface area contributed by atoms with Crippen LogP contribution in [0.4, 0.5) is 10.1 Å². The molecule has 0 spiro atoms. The molecule has 4 aromatic rings. The number of aromatic nitrogens is 1. The maximum atomic E-state index is 13.6. The first-order valence-electron chi connectivity index (χ1n) is 9.06. The SMILES string of the molecule is Cc1c(S(=O)(=O)Nc2ccc(-c3nc(CCl)cs3)cc2S(C)(=O)=O)sc2ccc(F)cc12. The van der Waals surface area contributed by atoms with Gasteiger partial charge < -0.3 is 0 Å². The summed E-state index contributed by atoms with van der Waals surface area (Å²) in [5.41, 5.74) is 1.51. The van der Waals surface area contributed by atoms with Crippen LogP contribution < -0.4 is 4.72 Å². The van der Waals surface area contributed by atoms with Crippen LogP contribution in [-0.4, -0.2) is 28.1 Å². The Kier molecular flexibility index (Phi) is 6.05. The van der Waals surface area contributed by atoms with Gasteiger partial charge in [-0.05, 0) is 54.3 Å². The third-order valence-corrected chi connectivity index (χ3v) is 10.3. The number of alkyl halides is 1. The summed E-state index contributed by atoms with van der Waals surface area (Å²) in [4.78, 5) is 4.17. The molecule has 0 atom stereocenters. The van der Waals surface area contributed by atoms with Crippen LogP contribution in [0.25, 0.3) is 20.7 Å². The number of nitrogens with one attached hydrogen (secondary N) is 1. The molecule has 0 aliphatic rings. The minimum atomic E-state index is -4.13. The molecular weight excluding hydrogens is 515 g/mol. The Hall–Kier alpha value is -2.05. The minimum Gasteiger partial charge on any atom is -0.278 e. The van der Waals surface area contributed by atoms with E-state index in [2.05, 4.69) is 9.71 Å². The van der Waals surface area contributed by atoms with E-state index in [4.69, 9.17) is 11.6 Å². The summed E-state index contributed by atoms with van der Waals surface area (Å²) >= 11 is 8.09. The molecule has 0 bridgehead atoms. The van der Waals surface area contributed by atoms with Gasteiger partial charge in [-0.1, -0.05) is 0 Å². The highest BCUT2D eigenvalue weighted by atomic mass is 35.5. The van der Waals surface area contributed by atoms with Gasteiger partial charge >= 0.3 is 0 Å². The third kappa shape index (κ3) is 4.40. The van der Waals surface area contributed by atoms with Crippen molar-refractivity contribution in [3.8, 4) is 10.6 Å². The topological polar surface area (TPSA) is 93.2 Å². The molecule has 32 heavy (non-hydrogen) atoms. The smallest absolute Gasteiger partial charge is 0.271 e. The molecule has 12 heteroatoms. The van der Waals surface area contributed by atoms with Gasteiger partial charge in [-0.3, -0.25) is 4.72 Å². The Morgan fingerprint density at radius 1 is 1.12 bits per heavy atom. The zero-order valence-corrected chi connectivity index (χ0v) is 20.7. The fourth-order valence-corrected chi connectivity index (χ4v) is 7.96. The van der Waals surface area contributed by atoms with Gasteiger partial charge in [0.1, 0.15) is 15.0 Å². The van der Waals surface area contributed by atoms with Crippen LogP contribution in [-0.2, 0) is 25.7 Å². The molecule has 0 unspecified atom stereocenters. The average molecular weight is 531 g/mol. The quantitative estimate of drug-likeness (QED) is 0.336. The molecule has 4 rings (SSSR count). The predicted octanol–water partition coefficient (Wildman–Crippen LogP) is 5.42. The van der Waals surface area contributed by atoms with E-state index in [0.717, 1.165) is 17.6 Å². The minimum absolute atomic E-state index is 0.00620. The highest BCUT2D eigenvalue weighted by Gasteiger charge is 2.25. The molecule has 0 amide bonds. The number of halogens is 2. The first-order valence-corrected chi connectivity index (χ1v) is 14.7. The second-order valence-electron chi connectivity index (χ2n) is 7.02. The number of hydrogen-bond donors (Lipinski definition) is 1. The maximum absolute atomic E-state index is 13.6. The van der Waals surface area contributed by atoms with Crippen molar-refractivity contribution >= 4 is 69.9 Å². The van der Waals surface area contributed by atoms with Crippen LogP contribution in [0.1, 0.15) is 11.3 Å². The van der Waals surface area contributed by atoms with Crippen molar-refractivity contribution in [2.45, 2.75) is 21.9 Å². The van der Waals surface area contributed by atoms with Crippen molar-refractivity contribution in [3.05, 3.63) is 58.9 Å². The summed E-state index contributed by atoms with van der Waals surface area (Å²) in [7, 11) is -7.91. The fraction of sp³-hybridized carbons (Fsp3) is 0.150. The first-order chi connectivity index (χ1) is 15.0. The van der Waals surface area contributed by atoms with Crippen LogP contribution in [0, 0.1) is 12.7 Å². The van der Waals surface area contributed by atoms with Crippen LogP contribution >= 0.6 is 34.3 Å². The standard InChI is InChI=1S/C20H16ClFN2O4S4/c1-11-15-8-13(22)4-6-17(15)30-20(11)32(27,28)24-16-5-3-12(7-18(16)31(2,25)26)19-23-14(9-21)10-29-19/h3-8,10,24H,9H2,1-2H3. The number of sulfonamides is 1. The van der Waals surface area contributed by atoms with E-state index in [9.17, 15) is 21.2 Å². The lowest BCUT2D eigenvalue weighted by atomic mass is 10.2. The van der Waals surface area contributed by atoms with Gasteiger partial charge in [0.05, 0.1) is 22.2 Å². The molecule has 0 radical (unpaired) electrons. The summed E-state index contributed by atoms with van der Waals surface area (Å²) < 4.78 is 67.8.